The molecule has 0 radical (unpaired) electrons. The lowest BCUT2D eigenvalue weighted by Crippen LogP contribution is -2.42. The topological polar surface area (TPSA) is 62.3 Å². The molecule has 0 spiro atoms. The number of benzene rings is 1. The van der Waals surface area contributed by atoms with Crippen LogP contribution in [0.15, 0.2) is 36.5 Å². The fraction of sp³-hybridized carbons (Fsp3) is 0.552. The molecule has 2 fully saturated rings. The average Bonchev–Trinajstić information content (AvgIpc) is 3.19. The van der Waals surface area contributed by atoms with Crippen LogP contribution in [0.5, 0.6) is 0 Å². The first-order valence-electron chi connectivity index (χ1n) is 13.0. The summed E-state index contributed by atoms with van der Waals surface area (Å²) in [7, 11) is 3.42. The lowest BCUT2D eigenvalue weighted by Gasteiger charge is -2.51. The molecular formula is C29H36ClN3O2. The van der Waals surface area contributed by atoms with E-state index in [-0.39, 0.29) is 11.8 Å². The third kappa shape index (κ3) is 4.72. The molecule has 1 N–H and O–H groups in total. The Kier molecular flexibility index (Phi) is 6.65. The first kappa shape index (κ1) is 24.3. The van der Waals surface area contributed by atoms with Gasteiger partial charge < -0.3 is 10.2 Å². The van der Waals surface area contributed by atoms with Crippen molar-refractivity contribution in [2.45, 2.75) is 64.2 Å². The minimum absolute atomic E-state index is 0.00813. The summed E-state index contributed by atoms with van der Waals surface area (Å²) in [5.41, 5.74) is 3.89. The number of carbonyl (C=O) groups excluding carboxylic acids is 2. The van der Waals surface area contributed by atoms with Crippen molar-refractivity contribution in [2.24, 2.45) is 23.2 Å². The molecule has 1 aromatic carbocycles. The van der Waals surface area contributed by atoms with Crippen molar-refractivity contribution in [1.82, 2.24) is 9.88 Å². The number of nitrogens with zero attached hydrogens (tertiary/aromatic N) is 2. The zero-order valence-electron chi connectivity index (χ0n) is 21.0. The van der Waals surface area contributed by atoms with Gasteiger partial charge in [-0.25, -0.2) is 4.98 Å². The van der Waals surface area contributed by atoms with E-state index >= 15 is 0 Å². The second-order valence-electron chi connectivity index (χ2n) is 11.4. The largest absolute Gasteiger partial charge is 0.345 e. The van der Waals surface area contributed by atoms with Crippen LogP contribution in [0.3, 0.4) is 0 Å². The zero-order chi connectivity index (χ0) is 24.7. The summed E-state index contributed by atoms with van der Waals surface area (Å²) < 4.78 is 0. The fourth-order valence-corrected chi connectivity index (χ4v) is 7.67. The molecule has 186 valence electrons. The van der Waals surface area contributed by atoms with Gasteiger partial charge in [0.1, 0.15) is 5.82 Å². The van der Waals surface area contributed by atoms with Crippen molar-refractivity contribution >= 4 is 29.2 Å². The molecule has 2 amide bonds. The highest BCUT2D eigenvalue weighted by Gasteiger charge is 2.54. The van der Waals surface area contributed by atoms with Gasteiger partial charge in [-0.1, -0.05) is 24.6 Å². The number of fused-ring (bicyclic) bond motifs is 5. The van der Waals surface area contributed by atoms with Crippen LogP contribution < -0.4 is 5.32 Å². The van der Waals surface area contributed by atoms with Crippen LogP contribution >= 0.6 is 11.6 Å². The summed E-state index contributed by atoms with van der Waals surface area (Å²) in [5.74, 6) is 3.04. The average molecular weight is 494 g/mol. The molecule has 3 unspecified atom stereocenters. The lowest BCUT2D eigenvalue weighted by molar-refractivity contribution is -0.116. The second-order valence-corrected chi connectivity index (χ2v) is 11.8. The molecule has 5 rings (SSSR count). The van der Waals surface area contributed by atoms with Crippen LogP contribution in [0.25, 0.3) is 0 Å². The Bertz CT molecular complexity index is 1120. The SMILES string of the molecule is CN(C)C(=O)c1ccc(NC(=O)CC[C@@H]2CC[C@@]3(C)CCC4c5ccc(Cl)cc5CCC4C23)nc1. The third-order valence-electron chi connectivity index (χ3n) is 9.08. The molecule has 5 nitrogen and oxygen atoms in total. The van der Waals surface area contributed by atoms with Crippen molar-refractivity contribution in [1.29, 1.82) is 0 Å². The van der Waals surface area contributed by atoms with Gasteiger partial charge in [-0.05, 0) is 109 Å². The summed E-state index contributed by atoms with van der Waals surface area (Å²) in [5, 5.41) is 3.78. The number of amides is 2. The quantitative estimate of drug-likeness (QED) is 0.529. The number of halogens is 1. The van der Waals surface area contributed by atoms with E-state index in [2.05, 4.69) is 35.4 Å². The maximum absolute atomic E-state index is 12.8. The highest BCUT2D eigenvalue weighted by molar-refractivity contribution is 6.30. The Morgan fingerprint density at radius 1 is 1.14 bits per heavy atom. The molecular weight excluding hydrogens is 458 g/mol. The van der Waals surface area contributed by atoms with E-state index < -0.39 is 0 Å². The number of aryl methyl sites for hydroxylation is 1. The molecule has 6 heteroatoms. The number of nitrogens with one attached hydrogen (secondary N) is 1. The van der Waals surface area contributed by atoms with Gasteiger partial charge in [-0.2, -0.15) is 0 Å². The Labute approximate surface area is 213 Å². The van der Waals surface area contributed by atoms with Gasteiger partial charge >= 0.3 is 0 Å². The molecule has 1 heterocycles. The molecule has 2 saturated carbocycles. The maximum Gasteiger partial charge on any atom is 0.254 e. The van der Waals surface area contributed by atoms with E-state index in [9.17, 15) is 9.59 Å². The Morgan fingerprint density at radius 2 is 1.94 bits per heavy atom. The van der Waals surface area contributed by atoms with Crippen molar-refractivity contribution in [3.05, 3.63) is 58.2 Å². The second kappa shape index (κ2) is 9.57. The predicted octanol–water partition coefficient (Wildman–Crippen LogP) is 6.33. The summed E-state index contributed by atoms with van der Waals surface area (Å²) in [6.07, 6.45) is 10.4. The number of anilines is 1. The van der Waals surface area contributed by atoms with E-state index in [0.717, 1.165) is 17.9 Å². The molecule has 35 heavy (non-hydrogen) atoms. The summed E-state index contributed by atoms with van der Waals surface area (Å²) in [4.78, 5) is 30.6. The highest BCUT2D eigenvalue weighted by Crippen LogP contribution is 2.63. The monoisotopic (exact) mass is 493 g/mol. The molecule has 3 aliphatic rings. The molecule has 0 aliphatic heterocycles. The molecule has 5 atom stereocenters. The van der Waals surface area contributed by atoms with E-state index in [1.165, 1.54) is 54.3 Å². The Balaban J connectivity index is 1.23. The standard InChI is InChI=1S/C29H36ClN3O2/c1-29-14-12-18(6-11-26(34)32-25-10-5-20(17-31-25)28(35)33(2)3)27(29)24-8-4-19-16-21(30)7-9-22(19)23(24)13-15-29/h5,7,9-10,16-18,23-24,27H,4,6,8,11-15H2,1-3H3,(H,31,32,34)/t18-,23?,24?,27?,29+/m1/s1. The van der Waals surface area contributed by atoms with Crippen molar-refractivity contribution in [3.63, 3.8) is 0 Å². The summed E-state index contributed by atoms with van der Waals surface area (Å²) in [6, 6.07) is 9.93. The summed E-state index contributed by atoms with van der Waals surface area (Å²) >= 11 is 6.29. The van der Waals surface area contributed by atoms with Gasteiger partial charge in [0.25, 0.3) is 5.91 Å². The van der Waals surface area contributed by atoms with Gasteiger partial charge in [0.15, 0.2) is 0 Å². The zero-order valence-corrected chi connectivity index (χ0v) is 21.8. The molecule has 3 aliphatic carbocycles. The minimum Gasteiger partial charge on any atom is -0.345 e. The van der Waals surface area contributed by atoms with Crippen molar-refractivity contribution in [3.8, 4) is 0 Å². The normalized spacial score (nSPS) is 29.0. The molecule has 0 saturated heterocycles. The molecule has 0 bridgehead atoms. The number of hydrogen-bond acceptors (Lipinski definition) is 3. The number of hydrogen-bond donors (Lipinski definition) is 1. The van der Waals surface area contributed by atoms with Gasteiger partial charge in [0.2, 0.25) is 5.91 Å². The van der Waals surface area contributed by atoms with Gasteiger partial charge in [0, 0.05) is 31.7 Å². The van der Waals surface area contributed by atoms with Crippen molar-refractivity contribution in [2.75, 3.05) is 19.4 Å². The van der Waals surface area contributed by atoms with E-state index in [4.69, 9.17) is 11.6 Å². The van der Waals surface area contributed by atoms with E-state index in [0.29, 0.717) is 46.9 Å². The number of carbonyl (C=O) groups is 2. The fourth-order valence-electron chi connectivity index (χ4n) is 7.48. The lowest BCUT2D eigenvalue weighted by atomic mass is 9.54. The Hall–Kier alpha value is -2.40. The number of rotatable bonds is 5. The van der Waals surface area contributed by atoms with Gasteiger partial charge in [-0.15, -0.1) is 0 Å². The van der Waals surface area contributed by atoms with Crippen LogP contribution in [0.1, 0.15) is 79.3 Å². The smallest absolute Gasteiger partial charge is 0.254 e. The van der Waals surface area contributed by atoms with Crippen LogP contribution in [-0.2, 0) is 11.2 Å². The minimum atomic E-state index is -0.0983. The van der Waals surface area contributed by atoms with Gasteiger partial charge in [0.05, 0.1) is 5.56 Å². The van der Waals surface area contributed by atoms with Crippen molar-refractivity contribution < 1.29 is 9.59 Å². The molecule has 2 aromatic rings. The first-order chi connectivity index (χ1) is 16.7. The third-order valence-corrected chi connectivity index (χ3v) is 9.32. The van der Waals surface area contributed by atoms with E-state index in [1.54, 1.807) is 26.2 Å². The summed E-state index contributed by atoms with van der Waals surface area (Å²) in [6.45, 7) is 2.51. The Morgan fingerprint density at radius 3 is 2.69 bits per heavy atom. The maximum atomic E-state index is 12.8. The van der Waals surface area contributed by atoms with Crippen LogP contribution in [-0.4, -0.2) is 35.8 Å². The number of aromatic nitrogens is 1. The van der Waals surface area contributed by atoms with Crippen LogP contribution in [0, 0.1) is 23.2 Å². The number of pyridine rings is 1. The first-order valence-corrected chi connectivity index (χ1v) is 13.4. The van der Waals surface area contributed by atoms with Crippen LogP contribution in [0.4, 0.5) is 5.82 Å². The molecule has 1 aromatic heterocycles. The van der Waals surface area contributed by atoms with E-state index in [1.807, 2.05) is 0 Å². The highest BCUT2D eigenvalue weighted by atomic mass is 35.5. The van der Waals surface area contributed by atoms with Gasteiger partial charge in [-0.3, -0.25) is 9.59 Å². The van der Waals surface area contributed by atoms with Crippen LogP contribution in [0.2, 0.25) is 5.02 Å². The predicted molar refractivity (Wildman–Crippen MR) is 140 cm³/mol.